The molecule has 0 N–H and O–H groups in total. The molecule has 0 heterocycles. The molecule has 13 heavy (non-hydrogen) atoms. The normalized spacial score (nSPS) is 25.2. The van der Waals surface area contributed by atoms with E-state index in [4.69, 9.17) is 11.6 Å². The molecular weight excluding hydrogens is 184 g/mol. The van der Waals surface area contributed by atoms with Crippen LogP contribution in [0, 0.1) is 0 Å². The van der Waals surface area contributed by atoms with Gasteiger partial charge in [-0.2, -0.15) is 0 Å². The van der Waals surface area contributed by atoms with E-state index in [9.17, 15) is 4.79 Å². The Morgan fingerprint density at radius 2 is 1.85 bits per heavy atom. The Morgan fingerprint density at radius 3 is 2.23 bits per heavy atom. The van der Waals surface area contributed by atoms with E-state index in [1.54, 1.807) is 0 Å². The predicted octanol–water partition coefficient (Wildman–Crippen LogP) is 2.65. The van der Waals surface area contributed by atoms with Gasteiger partial charge in [0.25, 0.3) is 0 Å². The van der Waals surface area contributed by atoms with Crippen molar-refractivity contribution in [2.45, 2.75) is 12.3 Å². The van der Waals surface area contributed by atoms with Crippen LogP contribution >= 0.6 is 11.6 Å². The third-order valence-electron chi connectivity index (χ3n) is 2.51. The highest BCUT2D eigenvalue weighted by Crippen LogP contribution is 2.47. The molecule has 1 atom stereocenters. The molecule has 0 spiro atoms. The van der Waals surface area contributed by atoms with Gasteiger partial charge in [0.1, 0.15) is 5.41 Å². The van der Waals surface area contributed by atoms with Gasteiger partial charge in [-0.3, -0.25) is 4.79 Å². The van der Waals surface area contributed by atoms with E-state index in [1.165, 1.54) is 0 Å². The molecule has 1 aromatic rings. The first-order chi connectivity index (χ1) is 6.18. The fourth-order valence-electron chi connectivity index (χ4n) is 1.63. The standard InChI is InChI=1S/C11H9ClO/c1-8-7-11(8,10(12)13)9-5-3-2-4-6-9/h2-7H,1H3/t11-/m1/s1. The van der Waals surface area contributed by atoms with Crippen LogP contribution in [0.25, 0.3) is 0 Å². The van der Waals surface area contributed by atoms with E-state index >= 15 is 0 Å². The molecule has 0 amide bonds. The van der Waals surface area contributed by atoms with Crippen molar-refractivity contribution >= 4 is 16.8 Å². The minimum Gasteiger partial charge on any atom is -0.280 e. The largest absolute Gasteiger partial charge is 0.280 e. The lowest BCUT2D eigenvalue weighted by atomic mass is 9.92. The molecule has 0 saturated heterocycles. The summed E-state index contributed by atoms with van der Waals surface area (Å²) in [4.78, 5) is 11.3. The molecular formula is C11H9ClO. The van der Waals surface area contributed by atoms with Crippen LogP contribution in [0.15, 0.2) is 42.0 Å². The predicted molar refractivity (Wildman–Crippen MR) is 52.7 cm³/mol. The molecule has 0 saturated carbocycles. The SMILES string of the molecule is CC1=C[C@]1(C(=O)Cl)c1ccccc1. The summed E-state index contributed by atoms with van der Waals surface area (Å²) in [6.45, 7) is 1.92. The van der Waals surface area contributed by atoms with E-state index in [2.05, 4.69) is 0 Å². The minimum atomic E-state index is -0.581. The van der Waals surface area contributed by atoms with Crippen molar-refractivity contribution in [3.05, 3.63) is 47.5 Å². The molecule has 1 nitrogen and oxygen atoms in total. The zero-order chi connectivity index (χ0) is 9.47. The van der Waals surface area contributed by atoms with Crippen molar-refractivity contribution in [2.24, 2.45) is 0 Å². The molecule has 0 fully saturated rings. The van der Waals surface area contributed by atoms with Crippen LogP contribution in [0.1, 0.15) is 12.5 Å². The number of hydrogen-bond acceptors (Lipinski definition) is 1. The Balaban J connectivity index is 2.42. The molecule has 0 bridgehead atoms. The summed E-state index contributed by atoms with van der Waals surface area (Å²) in [7, 11) is 0. The molecule has 1 aromatic carbocycles. The highest BCUT2D eigenvalue weighted by molar-refractivity contribution is 6.67. The first-order valence-corrected chi connectivity index (χ1v) is 4.51. The van der Waals surface area contributed by atoms with Crippen LogP contribution < -0.4 is 0 Å². The van der Waals surface area contributed by atoms with Gasteiger partial charge in [0.05, 0.1) is 0 Å². The minimum absolute atomic E-state index is 0.309. The Bertz CT molecular complexity index is 380. The lowest BCUT2D eigenvalue weighted by Gasteiger charge is -2.12. The Labute approximate surface area is 82.0 Å². The lowest BCUT2D eigenvalue weighted by molar-refractivity contribution is -0.113. The number of allylic oxidation sites excluding steroid dienone is 2. The summed E-state index contributed by atoms with van der Waals surface area (Å²) in [5.74, 6) is 0. The highest BCUT2D eigenvalue weighted by Gasteiger charge is 2.48. The fraction of sp³-hybridized carbons (Fsp3) is 0.182. The van der Waals surface area contributed by atoms with Crippen LogP contribution in [-0.2, 0) is 10.2 Å². The van der Waals surface area contributed by atoms with Crippen molar-refractivity contribution in [3.8, 4) is 0 Å². The quantitative estimate of drug-likeness (QED) is 0.520. The average molecular weight is 193 g/mol. The van der Waals surface area contributed by atoms with Gasteiger partial charge >= 0.3 is 0 Å². The molecule has 1 aliphatic rings. The van der Waals surface area contributed by atoms with E-state index in [-0.39, 0.29) is 5.24 Å². The second-order valence-electron chi connectivity index (χ2n) is 3.28. The van der Waals surface area contributed by atoms with Crippen molar-refractivity contribution in [2.75, 3.05) is 0 Å². The monoisotopic (exact) mass is 192 g/mol. The van der Waals surface area contributed by atoms with E-state index in [1.807, 2.05) is 43.3 Å². The maximum Gasteiger partial charge on any atom is 0.240 e. The van der Waals surface area contributed by atoms with Gasteiger partial charge < -0.3 is 0 Å². The Kier molecular flexibility index (Phi) is 1.77. The number of carbonyl (C=O) groups is 1. The number of hydrogen-bond donors (Lipinski definition) is 0. The van der Waals surface area contributed by atoms with E-state index in [0.29, 0.717) is 0 Å². The van der Waals surface area contributed by atoms with Crippen molar-refractivity contribution in [1.82, 2.24) is 0 Å². The fourth-order valence-corrected chi connectivity index (χ4v) is 1.94. The zero-order valence-electron chi connectivity index (χ0n) is 7.25. The summed E-state index contributed by atoms with van der Waals surface area (Å²) in [6.07, 6.45) is 1.90. The van der Waals surface area contributed by atoms with Crippen LogP contribution in [0.3, 0.4) is 0 Å². The van der Waals surface area contributed by atoms with E-state index < -0.39 is 5.41 Å². The molecule has 1 aliphatic carbocycles. The highest BCUT2D eigenvalue weighted by atomic mass is 35.5. The third kappa shape index (κ3) is 1.11. The van der Waals surface area contributed by atoms with Gasteiger partial charge in [0.2, 0.25) is 5.24 Å². The van der Waals surface area contributed by atoms with Crippen LogP contribution in [-0.4, -0.2) is 5.24 Å². The first-order valence-electron chi connectivity index (χ1n) is 4.13. The second-order valence-corrected chi connectivity index (χ2v) is 3.62. The summed E-state index contributed by atoms with van der Waals surface area (Å²) < 4.78 is 0. The molecule has 0 aliphatic heterocycles. The maximum atomic E-state index is 11.3. The summed E-state index contributed by atoms with van der Waals surface area (Å²) in [6, 6.07) is 9.60. The molecule has 0 aromatic heterocycles. The summed E-state index contributed by atoms with van der Waals surface area (Å²) >= 11 is 5.57. The molecule has 2 rings (SSSR count). The number of rotatable bonds is 2. The number of halogens is 1. The smallest absolute Gasteiger partial charge is 0.240 e. The molecule has 2 heteroatoms. The summed E-state index contributed by atoms with van der Waals surface area (Å²) in [5.41, 5.74) is 1.43. The lowest BCUT2D eigenvalue weighted by Crippen LogP contribution is -2.18. The van der Waals surface area contributed by atoms with Crippen LogP contribution in [0.4, 0.5) is 0 Å². The maximum absolute atomic E-state index is 11.3. The van der Waals surface area contributed by atoms with Gasteiger partial charge in [-0.15, -0.1) is 0 Å². The van der Waals surface area contributed by atoms with Gasteiger partial charge in [0, 0.05) is 0 Å². The average Bonchev–Trinajstić information content (AvgIpc) is 2.80. The van der Waals surface area contributed by atoms with E-state index in [0.717, 1.165) is 11.1 Å². The van der Waals surface area contributed by atoms with Gasteiger partial charge in [0.15, 0.2) is 0 Å². The van der Waals surface area contributed by atoms with Crippen molar-refractivity contribution in [1.29, 1.82) is 0 Å². The van der Waals surface area contributed by atoms with Gasteiger partial charge in [-0.05, 0) is 24.1 Å². The van der Waals surface area contributed by atoms with Crippen molar-refractivity contribution < 1.29 is 4.79 Å². The topological polar surface area (TPSA) is 17.1 Å². The Morgan fingerprint density at radius 1 is 1.31 bits per heavy atom. The van der Waals surface area contributed by atoms with Crippen molar-refractivity contribution in [3.63, 3.8) is 0 Å². The Hall–Kier alpha value is -1.08. The second kappa shape index (κ2) is 2.71. The van der Waals surface area contributed by atoms with Gasteiger partial charge in [-0.1, -0.05) is 42.0 Å². The molecule has 0 radical (unpaired) electrons. The zero-order valence-corrected chi connectivity index (χ0v) is 8.01. The molecule has 66 valence electrons. The van der Waals surface area contributed by atoms with Crippen LogP contribution in [0.2, 0.25) is 0 Å². The van der Waals surface area contributed by atoms with Crippen LogP contribution in [0.5, 0.6) is 0 Å². The molecule has 0 unspecified atom stereocenters. The third-order valence-corrected chi connectivity index (χ3v) is 2.81. The first kappa shape index (κ1) is 8.52. The number of benzene rings is 1. The number of carbonyl (C=O) groups excluding carboxylic acids is 1. The summed E-state index contributed by atoms with van der Waals surface area (Å²) in [5, 5.41) is -0.309. The van der Waals surface area contributed by atoms with Gasteiger partial charge in [-0.25, -0.2) is 0 Å².